The topological polar surface area (TPSA) is 33.5 Å². The SMILES string of the molecule is CCC1(C)CCN(C(=O)c2ccoc2Cl)CC1. The molecule has 2 heterocycles. The zero-order chi connectivity index (χ0) is 12.5. The van der Waals surface area contributed by atoms with Crippen LogP contribution >= 0.6 is 11.6 Å². The molecule has 0 saturated carbocycles. The lowest BCUT2D eigenvalue weighted by molar-refractivity contribution is 0.0600. The number of hydrogen-bond donors (Lipinski definition) is 0. The Balaban J connectivity index is 2.02. The fourth-order valence-corrected chi connectivity index (χ4v) is 2.41. The number of piperidine rings is 1. The van der Waals surface area contributed by atoms with Crippen LogP contribution in [-0.4, -0.2) is 23.9 Å². The van der Waals surface area contributed by atoms with Crippen LogP contribution in [0.4, 0.5) is 0 Å². The van der Waals surface area contributed by atoms with E-state index >= 15 is 0 Å². The van der Waals surface area contributed by atoms with Gasteiger partial charge in [-0.1, -0.05) is 20.3 Å². The summed E-state index contributed by atoms with van der Waals surface area (Å²) in [4.78, 5) is 14.0. The van der Waals surface area contributed by atoms with Crippen molar-refractivity contribution in [3.63, 3.8) is 0 Å². The quantitative estimate of drug-likeness (QED) is 0.809. The maximum Gasteiger partial charge on any atom is 0.258 e. The molecule has 17 heavy (non-hydrogen) atoms. The van der Waals surface area contributed by atoms with Crippen LogP contribution in [0.25, 0.3) is 0 Å². The van der Waals surface area contributed by atoms with Gasteiger partial charge in [-0.15, -0.1) is 0 Å². The average Bonchev–Trinajstić information content (AvgIpc) is 2.76. The second kappa shape index (κ2) is 4.73. The van der Waals surface area contributed by atoms with Crippen molar-refractivity contribution in [1.29, 1.82) is 0 Å². The zero-order valence-corrected chi connectivity index (χ0v) is 11.1. The number of rotatable bonds is 2. The van der Waals surface area contributed by atoms with E-state index in [0.29, 0.717) is 11.0 Å². The Bertz CT molecular complexity index is 405. The molecule has 0 aromatic carbocycles. The fourth-order valence-electron chi connectivity index (χ4n) is 2.22. The fraction of sp³-hybridized carbons (Fsp3) is 0.615. The van der Waals surface area contributed by atoms with Crippen molar-refractivity contribution in [2.24, 2.45) is 5.41 Å². The van der Waals surface area contributed by atoms with Gasteiger partial charge >= 0.3 is 0 Å². The summed E-state index contributed by atoms with van der Waals surface area (Å²) in [5.41, 5.74) is 0.864. The van der Waals surface area contributed by atoms with E-state index in [1.807, 2.05) is 4.90 Å². The monoisotopic (exact) mass is 255 g/mol. The summed E-state index contributed by atoms with van der Waals surface area (Å²) in [5.74, 6) is -0.0121. The standard InChI is InChI=1S/C13H18ClNO2/c1-3-13(2)5-7-15(8-6-13)12(16)10-4-9-17-11(10)14/h4,9H,3,5-8H2,1-2H3. The first-order chi connectivity index (χ1) is 8.06. The number of amides is 1. The molecule has 1 aromatic rings. The van der Waals surface area contributed by atoms with Gasteiger partial charge in [0.15, 0.2) is 0 Å². The van der Waals surface area contributed by atoms with Crippen LogP contribution in [0, 0.1) is 5.41 Å². The molecule has 4 heteroatoms. The van der Waals surface area contributed by atoms with Crippen LogP contribution in [0.15, 0.2) is 16.7 Å². The molecule has 0 bridgehead atoms. The van der Waals surface area contributed by atoms with Gasteiger partial charge in [-0.2, -0.15) is 0 Å². The van der Waals surface area contributed by atoms with Crippen molar-refractivity contribution in [3.8, 4) is 0 Å². The minimum absolute atomic E-state index is 0.0121. The Morgan fingerprint density at radius 1 is 1.53 bits per heavy atom. The lowest BCUT2D eigenvalue weighted by Gasteiger charge is -2.38. The van der Waals surface area contributed by atoms with Crippen molar-refractivity contribution in [3.05, 3.63) is 23.1 Å². The van der Waals surface area contributed by atoms with E-state index < -0.39 is 0 Å². The van der Waals surface area contributed by atoms with Gasteiger partial charge in [0.1, 0.15) is 0 Å². The number of likely N-dealkylation sites (tertiary alicyclic amines) is 1. The zero-order valence-electron chi connectivity index (χ0n) is 10.3. The number of nitrogens with zero attached hydrogens (tertiary/aromatic N) is 1. The molecule has 2 rings (SSSR count). The Labute approximate surface area is 107 Å². The van der Waals surface area contributed by atoms with Gasteiger partial charge in [0, 0.05) is 13.1 Å². The molecule has 1 saturated heterocycles. The summed E-state index contributed by atoms with van der Waals surface area (Å²) < 4.78 is 4.96. The number of halogens is 1. The van der Waals surface area contributed by atoms with Gasteiger partial charge in [0.2, 0.25) is 5.22 Å². The third-order valence-electron chi connectivity index (χ3n) is 3.96. The highest BCUT2D eigenvalue weighted by Gasteiger charge is 2.31. The smallest absolute Gasteiger partial charge is 0.258 e. The van der Waals surface area contributed by atoms with Gasteiger partial charge in [0.05, 0.1) is 11.8 Å². The predicted molar refractivity (Wildman–Crippen MR) is 67.3 cm³/mol. The summed E-state index contributed by atoms with van der Waals surface area (Å²) in [6, 6.07) is 1.64. The van der Waals surface area contributed by atoms with Gasteiger partial charge in [-0.25, -0.2) is 0 Å². The lowest BCUT2D eigenvalue weighted by Crippen LogP contribution is -2.41. The van der Waals surface area contributed by atoms with Crippen LogP contribution in [0.3, 0.4) is 0 Å². The van der Waals surface area contributed by atoms with Gasteiger partial charge < -0.3 is 9.32 Å². The maximum atomic E-state index is 12.2. The first-order valence-corrected chi connectivity index (χ1v) is 6.46. The Hall–Kier alpha value is -0.960. The highest BCUT2D eigenvalue weighted by molar-refractivity contribution is 6.32. The molecule has 1 aliphatic heterocycles. The molecule has 0 unspecified atom stereocenters. The van der Waals surface area contributed by atoms with E-state index in [4.69, 9.17) is 16.0 Å². The molecule has 0 N–H and O–H groups in total. The minimum atomic E-state index is -0.0121. The second-order valence-electron chi connectivity index (χ2n) is 5.06. The summed E-state index contributed by atoms with van der Waals surface area (Å²) in [6.07, 6.45) is 4.74. The van der Waals surface area contributed by atoms with Gasteiger partial charge in [0.25, 0.3) is 5.91 Å². The van der Waals surface area contributed by atoms with Crippen molar-refractivity contribution >= 4 is 17.5 Å². The van der Waals surface area contributed by atoms with E-state index in [1.165, 1.54) is 12.7 Å². The number of furan rings is 1. The average molecular weight is 256 g/mol. The molecular formula is C13H18ClNO2. The number of hydrogen-bond acceptors (Lipinski definition) is 2. The molecule has 1 amide bonds. The Kier molecular flexibility index (Phi) is 3.48. The van der Waals surface area contributed by atoms with Crippen LogP contribution in [0.1, 0.15) is 43.5 Å². The molecular weight excluding hydrogens is 238 g/mol. The van der Waals surface area contributed by atoms with E-state index in [9.17, 15) is 4.79 Å². The van der Waals surface area contributed by atoms with Gasteiger partial charge in [-0.05, 0) is 35.9 Å². The highest BCUT2D eigenvalue weighted by Crippen LogP contribution is 2.34. The summed E-state index contributed by atoms with van der Waals surface area (Å²) >= 11 is 5.82. The van der Waals surface area contributed by atoms with Gasteiger partial charge in [-0.3, -0.25) is 4.79 Å². The Morgan fingerprint density at radius 3 is 2.65 bits per heavy atom. The summed E-state index contributed by atoms with van der Waals surface area (Å²) in [6.45, 7) is 6.12. The molecule has 1 aromatic heterocycles. The molecule has 0 atom stereocenters. The third kappa shape index (κ3) is 2.49. The summed E-state index contributed by atoms with van der Waals surface area (Å²) in [7, 11) is 0. The van der Waals surface area contributed by atoms with Crippen molar-refractivity contribution in [1.82, 2.24) is 4.90 Å². The molecule has 1 aliphatic rings. The van der Waals surface area contributed by atoms with Crippen molar-refractivity contribution in [2.75, 3.05) is 13.1 Å². The minimum Gasteiger partial charge on any atom is -0.452 e. The highest BCUT2D eigenvalue weighted by atomic mass is 35.5. The van der Waals surface area contributed by atoms with E-state index in [2.05, 4.69) is 13.8 Å². The largest absolute Gasteiger partial charge is 0.452 e. The molecule has 0 aliphatic carbocycles. The van der Waals surface area contributed by atoms with Crippen LogP contribution in [0.5, 0.6) is 0 Å². The van der Waals surface area contributed by atoms with Crippen molar-refractivity contribution < 1.29 is 9.21 Å². The molecule has 3 nitrogen and oxygen atoms in total. The van der Waals surface area contributed by atoms with Crippen LogP contribution in [0.2, 0.25) is 5.22 Å². The number of carbonyl (C=O) groups is 1. The second-order valence-corrected chi connectivity index (χ2v) is 5.41. The normalized spacial score (nSPS) is 19.4. The van der Waals surface area contributed by atoms with Crippen LogP contribution < -0.4 is 0 Å². The predicted octanol–water partition coefficient (Wildman–Crippen LogP) is 3.59. The van der Waals surface area contributed by atoms with Crippen LogP contribution in [-0.2, 0) is 0 Å². The maximum absolute atomic E-state index is 12.2. The number of carbonyl (C=O) groups excluding carboxylic acids is 1. The van der Waals surface area contributed by atoms with E-state index in [0.717, 1.165) is 25.9 Å². The molecule has 94 valence electrons. The lowest BCUT2D eigenvalue weighted by atomic mass is 9.78. The first-order valence-electron chi connectivity index (χ1n) is 6.08. The molecule has 0 radical (unpaired) electrons. The Morgan fingerprint density at radius 2 is 2.18 bits per heavy atom. The first kappa shape index (κ1) is 12.5. The van der Waals surface area contributed by atoms with E-state index in [-0.39, 0.29) is 11.1 Å². The third-order valence-corrected chi connectivity index (χ3v) is 4.25. The van der Waals surface area contributed by atoms with E-state index in [1.54, 1.807) is 6.07 Å². The molecule has 1 fully saturated rings. The summed E-state index contributed by atoms with van der Waals surface area (Å²) in [5, 5.41) is 0.193. The molecule has 0 spiro atoms. The van der Waals surface area contributed by atoms with Crippen molar-refractivity contribution in [2.45, 2.75) is 33.1 Å².